The Bertz CT molecular complexity index is 1510. The number of benzene rings is 2. The average Bonchev–Trinajstić information content (AvgIpc) is 3.06. The summed E-state index contributed by atoms with van der Waals surface area (Å²) in [6, 6.07) is 11.3. The second-order valence-electron chi connectivity index (χ2n) is 13.4. The van der Waals surface area contributed by atoms with Crippen LogP contribution in [0.25, 0.3) is 0 Å². The van der Waals surface area contributed by atoms with Crippen molar-refractivity contribution in [3.8, 4) is 5.75 Å². The van der Waals surface area contributed by atoms with E-state index in [9.17, 15) is 18.0 Å². The van der Waals surface area contributed by atoms with E-state index in [-0.39, 0.29) is 40.4 Å². The monoisotopic (exact) mass is 612 g/mol. The molecule has 6 atom stereocenters. The number of Topliss-reactive ketones (excluding diaryl/α,β-unsaturated/α-hetero) is 1. The second-order valence-corrected chi connectivity index (χ2v) is 15.9. The molecule has 6 rings (SSSR count). The maximum atomic E-state index is 13.5. The number of hydrogen-bond donors (Lipinski definition) is 1. The van der Waals surface area contributed by atoms with Crippen LogP contribution in [0.5, 0.6) is 5.75 Å². The van der Waals surface area contributed by atoms with Gasteiger partial charge in [0.2, 0.25) is 10.0 Å². The number of fused-ring (bicyclic) bond motifs is 4. The Morgan fingerprint density at radius 3 is 2.64 bits per heavy atom. The molecule has 7 nitrogen and oxygen atoms in total. The molecule has 1 fully saturated rings. The first-order valence-corrected chi connectivity index (χ1v) is 17.3. The minimum absolute atomic E-state index is 0.00400. The fourth-order valence-corrected chi connectivity index (χ4v) is 9.22. The number of hydrogen-bond acceptors (Lipinski definition) is 6. The lowest BCUT2D eigenvalue weighted by molar-refractivity contribution is -0.128. The predicted molar refractivity (Wildman–Crippen MR) is 165 cm³/mol. The summed E-state index contributed by atoms with van der Waals surface area (Å²) in [7, 11) is -3.92. The van der Waals surface area contributed by atoms with Crippen LogP contribution in [-0.2, 0) is 26.7 Å². The van der Waals surface area contributed by atoms with Crippen LogP contribution >= 0.6 is 11.6 Å². The van der Waals surface area contributed by atoms with Gasteiger partial charge in [0, 0.05) is 41.4 Å². The zero-order valence-electron chi connectivity index (χ0n) is 24.7. The number of nitrogens with one attached hydrogen (secondary N) is 1. The normalized spacial score (nSPS) is 33.0. The molecule has 1 saturated carbocycles. The number of ketones is 1. The molecule has 226 valence electrons. The minimum Gasteiger partial charge on any atom is -0.490 e. The van der Waals surface area contributed by atoms with Crippen molar-refractivity contribution in [2.45, 2.75) is 76.4 Å². The molecule has 4 aliphatic rings. The molecule has 1 amide bonds. The molecular formula is C33H41ClN2O5S. The maximum absolute atomic E-state index is 13.5. The summed E-state index contributed by atoms with van der Waals surface area (Å²) in [6.07, 6.45) is 5.88. The molecule has 2 aliphatic heterocycles. The van der Waals surface area contributed by atoms with Gasteiger partial charge in [0.15, 0.2) is 0 Å². The van der Waals surface area contributed by atoms with E-state index in [0.717, 1.165) is 42.8 Å². The molecule has 1 N–H and O–H groups in total. The number of ether oxygens (including phenoxy) is 1. The standard InChI is InChI=1S/C33H41ClN2O5S/c1-20-13-21(2)22(3)42(39,40)35-32(38)24-7-11-31-29(16-24)36(17-25-6-9-27(25)30(37)14-20)18-33(19-41-31)12-4-5-23-15-26(34)8-10-28(23)33/h7-8,10-11,15-16,20-22,25,27H,4-6,9,12-14,17-19H2,1-3H3,(H,35,38)/t20-,21+,22-,25+,27-,33+/m1/s1. The van der Waals surface area contributed by atoms with Crippen molar-refractivity contribution in [2.24, 2.45) is 23.7 Å². The summed E-state index contributed by atoms with van der Waals surface area (Å²) in [5, 5.41) is -0.0447. The van der Waals surface area contributed by atoms with E-state index in [1.807, 2.05) is 19.9 Å². The predicted octanol–water partition coefficient (Wildman–Crippen LogP) is 5.92. The van der Waals surface area contributed by atoms with Gasteiger partial charge in [-0.3, -0.25) is 9.59 Å². The Hall–Kier alpha value is -2.58. The molecule has 2 bridgehead atoms. The van der Waals surface area contributed by atoms with Gasteiger partial charge in [0.05, 0.1) is 17.5 Å². The number of carbonyl (C=O) groups is 2. The van der Waals surface area contributed by atoms with Crippen molar-refractivity contribution in [3.05, 3.63) is 58.1 Å². The summed E-state index contributed by atoms with van der Waals surface area (Å²) in [5.41, 5.74) is 3.28. The highest BCUT2D eigenvalue weighted by atomic mass is 35.5. The molecule has 0 aromatic heterocycles. The summed E-state index contributed by atoms with van der Waals surface area (Å²) in [4.78, 5) is 29.2. The van der Waals surface area contributed by atoms with Gasteiger partial charge in [-0.15, -0.1) is 0 Å². The summed E-state index contributed by atoms with van der Waals surface area (Å²) >= 11 is 6.38. The van der Waals surface area contributed by atoms with E-state index in [4.69, 9.17) is 16.3 Å². The molecule has 0 radical (unpaired) electrons. The first-order valence-electron chi connectivity index (χ1n) is 15.3. The highest BCUT2D eigenvalue weighted by Crippen LogP contribution is 2.46. The van der Waals surface area contributed by atoms with Crippen LogP contribution in [0.2, 0.25) is 5.02 Å². The SMILES string of the molecule is C[C@H]1CC(=O)[C@@H]2CC[C@H]2CN2C[C@@]3(CCCc4cc(Cl)ccc43)COc3ccc(cc32)C(=O)NS(=O)(=O)[C@H](C)[C@@H](C)C1. The molecule has 42 heavy (non-hydrogen) atoms. The smallest absolute Gasteiger partial charge is 0.264 e. The van der Waals surface area contributed by atoms with Gasteiger partial charge in [-0.25, -0.2) is 13.1 Å². The van der Waals surface area contributed by atoms with Crippen LogP contribution in [0, 0.1) is 23.7 Å². The van der Waals surface area contributed by atoms with Crippen molar-refractivity contribution in [1.29, 1.82) is 0 Å². The fraction of sp³-hybridized carbons (Fsp3) is 0.576. The van der Waals surface area contributed by atoms with Crippen LogP contribution in [0.1, 0.15) is 80.8 Å². The lowest BCUT2D eigenvalue weighted by Crippen LogP contribution is -2.49. The molecule has 0 unspecified atom stereocenters. The third-order valence-corrected chi connectivity index (χ3v) is 12.6. The van der Waals surface area contributed by atoms with Crippen molar-refractivity contribution in [1.82, 2.24) is 4.72 Å². The molecule has 9 heteroatoms. The van der Waals surface area contributed by atoms with Crippen LogP contribution in [-0.4, -0.2) is 45.1 Å². The number of rotatable bonds is 0. The number of aryl methyl sites for hydroxylation is 1. The second kappa shape index (κ2) is 11.2. The van der Waals surface area contributed by atoms with Crippen LogP contribution in [0.4, 0.5) is 5.69 Å². The molecule has 1 spiro atoms. The van der Waals surface area contributed by atoms with Crippen molar-refractivity contribution in [3.63, 3.8) is 0 Å². The lowest BCUT2D eigenvalue weighted by Gasteiger charge is -2.44. The first kappa shape index (κ1) is 29.5. The Morgan fingerprint density at radius 1 is 1.07 bits per heavy atom. The van der Waals surface area contributed by atoms with Gasteiger partial charge >= 0.3 is 0 Å². The lowest BCUT2D eigenvalue weighted by atomic mass is 9.68. The van der Waals surface area contributed by atoms with Crippen molar-refractivity contribution in [2.75, 3.05) is 24.6 Å². The summed E-state index contributed by atoms with van der Waals surface area (Å²) < 4.78 is 35.3. The molecular weight excluding hydrogens is 572 g/mol. The minimum atomic E-state index is -3.92. The molecule has 2 aliphatic carbocycles. The Balaban J connectivity index is 1.42. The summed E-state index contributed by atoms with van der Waals surface area (Å²) in [5.74, 6) is 0.413. The highest BCUT2D eigenvalue weighted by molar-refractivity contribution is 7.90. The number of halogens is 1. The fourth-order valence-electron chi connectivity index (χ4n) is 7.74. The number of carbonyl (C=O) groups excluding carboxylic acids is 2. The molecule has 0 saturated heterocycles. The van der Waals surface area contributed by atoms with Crippen LogP contribution in [0.3, 0.4) is 0 Å². The quantitative estimate of drug-likeness (QED) is 0.397. The first-order chi connectivity index (χ1) is 20.0. The number of nitrogens with zero attached hydrogens (tertiary/aromatic N) is 1. The van der Waals surface area contributed by atoms with Gasteiger partial charge < -0.3 is 9.64 Å². The van der Waals surface area contributed by atoms with Gasteiger partial charge in [-0.05, 0) is 105 Å². The van der Waals surface area contributed by atoms with Gasteiger partial charge in [0.1, 0.15) is 11.5 Å². The van der Waals surface area contributed by atoms with E-state index in [1.54, 1.807) is 25.1 Å². The topological polar surface area (TPSA) is 92.8 Å². The average molecular weight is 613 g/mol. The van der Waals surface area contributed by atoms with Gasteiger partial charge in [0.25, 0.3) is 5.91 Å². The Kier molecular flexibility index (Phi) is 7.84. The third kappa shape index (κ3) is 5.45. The van der Waals surface area contributed by atoms with E-state index >= 15 is 0 Å². The molecule has 2 heterocycles. The van der Waals surface area contributed by atoms with Crippen molar-refractivity contribution < 1.29 is 22.7 Å². The van der Waals surface area contributed by atoms with Gasteiger partial charge in [-0.1, -0.05) is 31.5 Å². The maximum Gasteiger partial charge on any atom is 0.264 e. The summed E-state index contributed by atoms with van der Waals surface area (Å²) in [6.45, 7) is 7.41. The van der Waals surface area contributed by atoms with Crippen LogP contribution in [0.15, 0.2) is 36.4 Å². The van der Waals surface area contributed by atoms with Crippen LogP contribution < -0.4 is 14.4 Å². The van der Waals surface area contributed by atoms with Gasteiger partial charge in [-0.2, -0.15) is 0 Å². The number of sulfonamides is 1. The number of amides is 1. The van der Waals surface area contributed by atoms with E-state index in [2.05, 4.69) is 21.8 Å². The third-order valence-electron chi connectivity index (χ3n) is 10.4. The zero-order chi connectivity index (χ0) is 29.8. The zero-order valence-corrected chi connectivity index (χ0v) is 26.3. The highest BCUT2D eigenvalue weighted by Gasteiger charge is 2.44. The Morgan fingerprint density at radius 2 is 1.88 bits per heavy atom. The van der Waals surface area contributed by atoms with E-state index < -0.39 is 21.2 Å². The largest absolute Gasteiger partial charge is 0.490 e. The van der Waals surface area contributed by atoms with Crippen molar-refractivity contribution >= 4 is 39.0 Å². The molecule has 2 aromatic rings. The molecule has 2 aromatic carbocycles. The van der Waals surface area contributed by atoms with E-state index in [0.29, 0.717) is 38.3 Å². The Labute approximate surface area is 254 Å². The number of anilines is 1. The van der Waals surface area contributed by atoms with E-state index in [1.165, 1.54) is 11.1 Å².